The van der Waals surface area contributed by atoms with E-state index in [0.717, 1.165) is 19.3 Å². The molecule has 0 aromatic heterocycles. The van der Waals surface area contributed by atoms with Crippen molar-refractivity contribution in [1.82, 2.24) is 0 Å². The molecule has 0 amide bonds. The molecule has 2 aliphatic rings. The van der Waals surface area contributed by atoms with Crippen LogP contribution in [0.3, 0.4) is 0 Å². The molecule has 0 saturated heterocycles. The Balaban J connectivity index is 2.15. The maximum atomic E-state index is 10.2. The fraction of sp³-hybridized carbons (Fsp3) is 1.00. The Bertz CT molecular complexity index is 292. The minimum atomic E-state index is -1.75. The Labute approximate surface area is 113 Å². The van der Waals surface area contributed by atoms with Crippen LogP contribution in [0.1, 0.15) is 60.8 Å². The Kier molecular flexibility index (Phi) is 3.72. The molecule has 2 nitrogen and oxygen atoms in total. The molecule has 3 atom stereocenters. The predicted octanol–water partition coefficient (Wildman–Crippen LogP) is 4.09. The predicted molar refractivity (Wildman–Crippen MR) is 78.2 cm³/mol. The van der Waals surface area contributed by atoms with Gasteiger partial charge in [-0.3, -0.25) is 0 Å². The van der Waals surface area contributed by atoms with Gasteiger partial charge in [-0.2, -0.15) is 0 Å². The molecular formula is C15H30O2Si. The third-order valence-electron chi connectivity index (χ3n) is 5.48. The van der Waals surface area contributed by atoms with Crippen molar-refractivity contribution in [1.29, 1.82) is 0 Å². The summed E-state index contributed by atoms with van der Waals surface area (Å²) in [5.74, 6) is 0.445. The molecule has 106 valence electrons. The lowest BCUT2D eigenvalue weighted by Crippen LogP contribution is -2.50. The van der Waals surface area contributed by atoms with Gasteiger partial charge in [0, 0.05) is 5.92 Å². The van der Waals surface area contributed by atoms with Gasteiger partial charge in [-0.15, -0.1) is 0 Å². The van der Waals surface area contributed by atoms with Crippen LogP contribution in [0.5, 0.6) is 0 Å². The Morgan fingerprint density at radius 1 is 1.06 bits per heavy atom. The van der Waals surface area contributed by atoms with E-state index in [1.165, 1.54) is 0 Å². The molecule has 0 aliphatic heterocycles. The molecule has 2 rings (SSSR count). The zero-order chi connectivity index (χ0) is 13.7. The van der Waals surface area contributed by atoms with Crippen molar-refractivity contribution in [2.24, 2.45) is 5.92 Å². The molecule has 2 fully saturated rings. The minimum Gasteiger partial charge on any atom is -0.413 e. The molecule has 0 bridgehead atoms. The molecule has 0 aromatic carbocycles. The van der Waals surface area contributed by atoms with Crippen molar-refractivity contribution in [3.8, 4) is 0 Å². The van der Waals surface area contributed by atoms with Crippen LogP contribution in [0, 0.1) is 5.92 Å². The third kappa shape index (κ3) is 2.08. The molecule has 2 saturated carbocycles. The average molecular weight is 270 g/mol. The molecule has 0 spiro atoms. The molecular weight excluding hydrogens is 240 g/mol. The lowest BCUT2D eigenvalue weighted by Gasteiger charge is -2.44. The summed E-state index contributed by atoms with van der Waals surface area (Å²) in [4.78, 5) is 0. The van der Waals surface area contributed by atoms with Gasteiger partial charge in [-0.05, 0) is 35.9 Å². The minimum absolute atomic E-state index is 0.338. The van der Waals surface area contributed by atoms with Gasteiger partial charge in [0.25, 0.3) is 0 Å². The molecule has 0 radical (unpaired) electrons. The second-order valence-electron chi connectivity index (χ2n) is 7.43. The highest BCUT2D eigenvalue weighted by Crippen LogP contribution is 2.58. The van der Waals surface area contributed by atoms with Crippen molar-refractivity contribution in [2.45, 2.75) is 89.1 Å². The Hall–Kier alpha value is 0.137. The highest BCUT2D eigenvalue weighted by Gasteiger charge is 2.63. The first-order chi connectivity index (χ1) is 8.24. The van der Waals surface area contributed by atoms with Crippen LogP contribution in [0.15, 0.2) is 0 Å². The lowest BCUT2D eigenvalue weighted by atomic mass is 10.2. The first kappa shape index (κ1) is 14.5. The summed E-state index contributed by atoms with van der Waals surface area (Å²) in [6.45, 7) is 14.0. The van der Waals surface area contributed by atoms with Gasteiger partial charge < -0.3 is 9.53 Å². The van der Waals surface area contributed by atoms with E-state index in [0.29, 0.717) is 28.6 Å². The second-order valence-corrected chi connectivity index (χ2v) is 12.8. The number of hydrogen-bond acceptors (Lipinski definition) is 2. The summed E-state index contributed by atoms with van der Waals surface area (Å²) >= 11 is 0. The van der Waals surface area contributed by atoms with Crippen LogP contribution in [0.25, 0.3) is 0 Å². The zero-order valence-electron chi connectivity index (χ0n) is 12.9. The van der Waals surface area contributed by atoms with Crippen LogP contribution in [0.4, 0.5) is 0 Å². The van der Waals surface area contributed by atoms with Crippen molar-refractivity contribution < 1.29 is 9.53 Å². The van der Waals surface area contributed by atoms with Gasteiger partial charge in [-0.1, -0.05) is 41.5 Å². The van der Waals surface area contributed by atoms with E-state index in [4.69, 9.17) is 4.43 Å². The van der Waals surface area contributed by atoms with E-state index in [1.807, 2.05) is 0 Å². The van der Waals surface area contributed by atoms with Crippen molar-refractivity contribution in [3.63, 3.8) is 0 Å². The highest BCUT2D eigenvalue weighted by atomic mass is 28.4. The SMILES string of the molecule is CC(C)[Si](O[C@@H]1CC[C@@]2(O)C[C@@H]12)(C(C)C)C(C)C. The van der Waals surface area contributed by atoms with Crippen LogP contribution in [-0.4, -0.2) is 25.1 Å². The van der Waals surface area contributed by atoms with E-state index >= 15 is 0 Å². The molecule has 2 aliphatic carbocycles. The van der Waals surface area contributed by atoms with Gasteiger partial charge in [0.2, 0.25) is 8.32 Å². The van der Waals surface area contributed by atoms with Crippen LogP contribution >= 0.6 is 0 Å². The van der Waals surface area contributed by atoms with Crippen LogP contribution < -0.4 is 0 Å². The maximum Gasteiger partial charge on any atom is 0.200 e. The molecule has 1 N–H and O–H groups in total. The largest absolute Gasteiger partial charge is 0.413 e. The summed E-state index contributed by atoms with van der Waals surface area (Å²) in [7, 11) is -1.75. The van der Waals surface area contributed by atoms with E-state index in [2.05, 4.69) is 41.5 Å². The molecule has 0 heterocycles. The maximum absolute atomic E-state index is 10.2. The monoisotopic (exact) mass is 270 g/mol. The van der Waals surface area contributed by atoms with Gasteiger partial charge in [0.15, 0.2) is 0 Å². The van der Waals surface area contributed by atoms with Crippen molar-refractivity contribution >= 4 is 8.32 Å². The quantitative estimate of drug-likeness (QED) is 0.762. The standard InChI is InChI=1S/C15H30O2Si/c1-10(2)18(11(3)4,12(5)6)17-14-7-8-15(16)9-13(14)15/h10-14,16H,7-9H2,1-6H3/t13-,14+,15+/m0/s1. The Morgan fingerprint density at radius 2 is 1.56 bits per heavy atom. The summed E-state index contributed by atoms with van der Waals surface area (Å²) in [5.41, 5.74) is 1.59. The van der Waals surface area contributed by atoms with Gasteiger partial charge in [0.05, 0.1) is 11.7 Å². The van der Waals surface area contributed by atoms with Gasteiger partial charge in [-0.25, -0.2) is 0 Å². The highest BCUT2D eigenvalue weighted by molar-refractivity contribution is 6.77. The zero-order valence-corrected chi connectivity index (χ0v) is 13.9. The smallest absolute Gasteiger partial charge is 0.200 e. The fourth-order valence-corrected chi connectivity index (χ4v) is 10.1. The van der Waals surface area contributed by atoms with Crippen molar-refractivity contribution in [3.05, 3.63) is 0 Å². The van der Waals surface area contributed by atoms with E-state index in [9.17, 15) is 5.11 Å². The summed E-state index contributed by atoms with van der Waals surface area (Å²) in [6.07, 6.45) is 3.36. The summed E-state index contributed by atoms with van der Waals surface area (Å²) < 4.78 is 6.78. The molecule has 0 unspecified atom stereocenters. The average Bonchev–Trinajstić information content (AvgIpc) is 2.81. The fourth-order valence-electron chi connectivity index (χ4n) is 4.49. The molecule has 3 heteroatoms. The number of fused-ring (bicyclic) bond motifs is 1. The van der Waals surface area contributed by atoms with E-state index in [-0.39, 0.29) is 5.60 Å². The molecule has 18 heavy (non-hydrogen) atoms. The topological polar surface area (TPSA) is 29.5 Å². The first-order valence-corrected chi connectivity index (χ1v) is 9.78. The summed E-state index contributed by atoms with van der Waals surface area (Å²) in [6, 6.07) is 0. The molecule has 0 aromatic rings. The summed E-state index contributed by atoms with van der Waals surface area (Å²) in [5, 5.41) is 10.2. The van der Waals surface area contributed by atoms with Crippen LogP contribution in [0.2, 0.25) is 16.6 Å². The third-order valence-corrected chi connectivity index (χ3v) is 11.6. The van der Waals surface area contributed by atoms with Gasteiger partial charge in [0.1, 0.15) is 0 Å². The number of hydrogen-bond donors (Lipinski definition) is 1. The lowest BCUT2D eigenvalue weighted by molar-refractivity contribution is 0.127. The van der Waals surface area contributed by atoms with Gasteiger partial charge >= 0.3 is 0 Å². The second kappa shape index (κ2) is 4.60. The van der Waals surface area contributed by atoms with E-state index < -0.39 is 8.32 Å². The number of aliphatic hydroxyl groups is 1. The van der Waals surface area contributed by atoms with Crippen LogP contribution in [-0.2, 0) is 4.43 Å². The van der Waals surface area contributed by atoms with E-state index in [1.54, 1.807) is 0 Å². The van der Waals surface area contributed by atoms with Crippen molar-refractivity contribution in [2.75, 3.05) is 0 Å². The number of rotatable bonds is 5. The Morgan fingerprint density at radius 3 is 1.83 bits per heavy atom. The first-order valence-electron chi connectivity index (χ1n) is 7.64. The normalized spacial score (nSPS) is 35.7.